The molecular weight excluding hydrogens is 657 g/mol. The second-order valence-electron chi connectivity index (χ2n) is 3.59. The molecule has 1 heterocycles. The van der Waals surface area contributed by atoms with Crippen molar-refractivity contribution in [2.75, 3.05) is 24.7 Å². The molecule has 1 aromatic carbocycles. The van der Waals surface area contributed by atoms with Gasteiger partial charge < -0.3 is 25.6 Å². The average Bonchev–Trinajstić information content (AvgIpc) is 2.46. The molecule has 0 saturated heterocycles. The number of benzene rings is 1. The Bertz CT molecular complexity index is 433. The summed E-state index contributed by atoms with van der Waals surface area (Å²) in [5, 5.41) is 0. The molecule has 0 spiro atoms. The number of aryl methyl sites for hydroxylation is 1. The van der Waals surface area contributed by atoms with E-state index in [4.69, 9.17) is 5.73 Å². The van der Waals surface area contributed by atoms with Crippen molar-refractivity contribution in [2.24, 2.45) is 0 Å². The molecule has 0 amide bonds. The zero-order valence-corrected chi connectivity index (χ0v) is 20.5. The molecule has 2 aromatic rings. The summed E-state index contributed by atoms with van der Waals surface area (Å²) in [4.78, 5) is 12.6. The van der Waals surface area contributed by atoms with E-state index in [2.05, 4.69) is 27.6 Å². The van der Waals surface area contributed by atoms with Crippen molar-refractivity contribution in [3.05, 3.63) is 42.5 Å². The molecule has 0 aliphatic heterocycles. The number of rotatable bonds is 1. The molecule has 0 aliphatic rings. The van der Waals surface area contributed by atoms with Crippen LogP contribution in [-0.4, -0.2) is 29.0 Å². The zero-order chi connectivity index (χ0) is 14.7. The number of para-hydroxylation sites is 1. The van der Waals surface area contributed by atoms with Crippen LogP contribution in [-0.2, 0) is 22.4 Å². The van der Waals surface area contributed by atoms with E-state index < -0.39 is 0 Å². The molecule has 1 aromatic heterocycles. The van der Waals surface area contributed by atoms with Gasteiger partial charge in [0.05, 0.1) is 0 Å². The molecule has 21 heavy (non-hydrogen) atoms. The number of aromatic nitrogens is 3. The molecule has 0 unspecified atom stereocenters. The van der Waals surface area contributed by atoms with Gasteiger partial charge in [-0.2, -0.15) is 12.7 Å². The first-order valence-electron chi connectivity index (χ1n) is 6.08. The summed E-state index contributed by atoms with van der Waals surface area (Å²) < 4.78 is 0. The van der Waals surface area contributed by atoms with Gasteiger partial charge in [-0.1, -0.05) is 32.0 Å². The van der Waals surface area contributed by atoms with Crippen molar-refractivity contribution in [1.82, 2.24) is 15.0 Å². The fraction of sp³-hybridized carbons (Fsp3) is 0.357. The van der Waals surface area contributed by atoms with Crippen LogP contribution in [0.15, 0.2) is 24.3 Å². The normalized spacial score (nSPS) is 7.67. The summed E-state index contributed by atoms with van der Waals surface area (Å²) >= 11 is 0. The van der Waals surface area contributed by atoms with Crippen LogP contribution >= 0.6 is 0 Å². The van der Waals surface area contributed by atoms with Gasteiger partial charge >= 0.3 is 0 Å². The minimum absolute atomic E-state index is 0. The predicted molar refractivity (Wildman–Crippen MR) is 78.8 cm³/mol. The van der Waals surface area contributed by atoms with Crippen LogP contribution in [0.3, 0.4) is 0 Å². The number of nitrogen functional groups attached to an aromatic ring is 1. The van der Waals surface area contributed by atoms with Crippen LogP contribution < -0.4 is 10.6 Å². The minimum atomic E-state index is 0. The Morgan fingerprint density at radius 3 is 1.81 bits per heavy atom. The van der Waals surface area contributed by atoms with E-state index in [9.17, 15) is 0 Å². The third kappa shape index (κ3) is 11.9. The fourth-order valence-corrected chi connectivity index (χ4v) is 0.974. The largest absolute Gasteiger partial charge is 0.505 e. The minimum Gasteiger partial charge on any atom is -0.505 e. The van der Waals surface area contributed by atoms with Crippen molar-refractivity contribution in [2.45, 2.75) is 20.8 Å². The Kier molecular flexibility index (Phi) is 19.5. The molecule has 7 heteroatoms. The van der Waals surface area contributed by atoms with E-state index in [-0.39, 0.29) is 53.5 Å². The molecule has 0 fully saturated rings. The maximum Gasteiger partial charge on any atom is 0.0343 e. The third-order valence-corrected chi connectivity index (χ3v) is 1.99. The van der Waals surface area contributed by atoms with E-state index in [1.807, 2.05) is 59.1 Å². The number of nitrogens with two attached hydrogens (primary N) is 1. The molecule has 113 valence electrons. The molecule has 2 rings (SSSR count). The molecule has 0 aliphatic carbocycles. The Hall–Kier alpha value is -0.378. The van der Waals surface area contributed by atoms with E-state index in [1.54, 1.807) is 4.90 Å². The summed E-state index contributed by atoms with van der Waals surface area (Å²) in [6.45, 7) is 6.00. The molecular formula is C14H21N5TaU-2. The third-order valence-electron chi connectivity index (χ3n) is 1.99. The standard InChI is InChI=1S/C7H9N.C5H6N4.C2H6.Ta.U/c1-6-4-2-3-5-7(6)8;1-9(2)5-7-3-6-4-8-5;1-2;;/h2-5H,8H2,1H3;1-2H3;1-2H3;;/q;-2;;;. The molecule has 1 radical (unpaired) electrons. The summed E-state index contributed by atoms with van der Waals surface area (Å²) in [5.41, 5.74) is 7.53. The van der Waals surface area contributed by atoms with Crippen molar-refractivity contribution >= 4 is 11.6 Å². The van der Waals surface area contributed by atoms with Crippen LogP contribution in [0.25, 0.3) is 0 Å². The van der Waals surface area contributed by atoms with E-state index >= 15 is 0 Å². The SMILES string of the molecule is CC.CN(C)c1n[c-]n[c-]n1.Cc1ccccc1N.[Ta].[U]. The summed E-state index contributed by atoms with van der Waals surface area (Å²) in [6, 6.07) is 7.80. The van der Waals surface area contributed by atoms with Crippen LogP contribution in [0, 0.1) is 50.7 Å². The van der Waals surface area contributed by atoms with Crippen molar-refractivity contribution < 1.29 is 53.5 Å². The molecule has 0 saturated carbocycles. The summed E-state index contributed by atoms with van der Waals surface area (Å²) in [7, 11) is 3.69. The van der Waals surface area contributed by atoms with Gasteiger partial charge in [-0.15, -0.1) is 0 Å². The molecule has 2 N–H and O–H groups in total. The first-order valence-corrected chi connectivity index (χ1v) is 6.08. The van der Waals surface area contributed by atoms with Gasteiger partial charge in [0.2, 0.25) is 0 Å². The van der Waals surface area contributed by atoms with E-state index in [0.29, 0.717) is 5.95 Å². The van der Waals surface area contributed by atoms with E-state index in [1.165, 1.54) is 0 Å². The van der Waals surface area contributed by atoms with Crippen molar-refractivity contribution in [3.8, 4) is 0 Å². The Balaban J connectivity index is -0.000000255. The Morgan fingerprint density at radius 1 is 1.05 bits per heavy atom. The first-order chi connectivity index (χ1) is 9.11. The second-order valence-corrected chi connectivity index (χ2v) is 3.59. The van der Waals surface area contributed by atoms with Crippen molar-refractivity contribution in [1.29, 1.82) is 0 Å². The zero-order valence-electron chi connectivity index (χ0n) is 13.1. The Labute approximate surface area is 167 Å². The van der Waals surface area contributed by atoms with Gasteiger partial charge in [-0.05, 0) is 38.6 Å². The van der Waals surface area contributed by atoms with Gasteiger partial charge in [-0.3, -0.25) is 0 Å². The van der Waals surface area contributed by atoms with Crippen LogP contribution in [0.5, 0.6) is 0 Å². The topological polar surface area (TPSA) is 67.9 Å². The number of hydrogen-bond donors (Lipinski definition) is 1. The van der Waals surface area contributed by atoms with E-state index in [0.717, 1.165) is 11.3 Å². The first kappa shape index (κ1) is 25.6. The number of anilines is 2. The summed E-state index contributed by atoms with van der Waals surface area (Å²) in [5.74, 6) is 0.574. The number of hydrogen-bond acceptors (Lipinski definition) is 5. The summed E-state index contributed by atoms with van der Waals surface area (Å²) in [6.07, 6.45) is 4.77. The fourth-order valence-electron chi connectivity index (χ4n) is 0.974. The Morgan fingerprint density at radius 2 is 1.52 bits per heavy atom. The van der Waals surface area contributed by atoms with Gasteiger partial charge in [0.15, 0.2) is 0 Å². The van der Waals surface area contributed by atoms with Crippen LogP contribution in [0.2, 0.25) is 0 Å². The van der Waals surface area contributed by atoms with Gasteiger partial charge in [-0.25, -0.2) is 0 Å². The smallest absolute Gasteiger partial charge is 0.0343 e. The quantitative estimate of drug-likeness (QED) is 0.370. The maximum absolute atomic E-state index is 5.52. The number of nitrogens with zero attached hydrogens (tertiary/aromatic N) is 4. The monoisotopic (exact) mass is 678 g/mol. The van der Waals surface area contributed by atoms with Gasteiger partial charge in [0, 0.05) is 59.2 Å². The van der Waals surface area contributed by atoms with Crippen LogP contribution in [0.4, 0.5) is 11.6 Å². The second kappa shape index (κ2) is 16.0. The van der Waals surface area contributed by atoms with Crippen LogP contribution in [0.1, 0.15) is 19.4 Å². The maximum atomic E-state index is 5.52. The predicted octanol–water partition coefficient (Wildman–Crippen LogP) is 2.14. The molecule has 0 bridgehead atoms. The molecule has 5 nitrogen and oxygen atoms in total. The van der Waals surface area contributed by atoms with Gasteiger partial charge in [0.1, 0.15) is 0 Å². The van der Waals surface area contributed by atoms with Gasteiger partial charge in [0.25, 0.3) is 0 Å². The van der Waals surface area contributed by atoms with Crippen molar-refractivity contribution in [3.63, 3.8) is 0 Å². The molecule has 0 atom stereocenters. The average molecular weight is 678 g/mol.